The van der Waals surface area contributed by atoms with Crippen molar-refractivity contribution in [1.29, 1.82) is 0 Å². The molecule has 112 valence electrons. The number of amides is 1. The molecule has 0 radical (unpaired) electrons. The van der Waals surface area contributed by atoms with Crippen LogP contribution in [0.4, 0.5) is 0 Å². The second kappa shape index (κ2) is 9.35. The molecule has 1 aliphatic heterocycles. The van der Waals surface area contributed by atoms with Crippen LogP contribution >= 0.6 is 0 Å². The number of unbranched alkanes of at least 4 members (excludes halogenated alkanes) is 3. The summed E-state index contributed by atoms with van der Waals surface area (Å²) >= 11 is 0. The predicted molar refractivity (Wildman–Crippen MR) is 81.2 cm³/mol. The zero-order chi connectivity index (χ0) is 14.1. The summed E-state index contributed by atoms with van der Waals surface area (Å²) in [4.78, 5) is 14.4. The lowest BCUT2D eigenvalue weighted by Crippen LogP contribution is -2.48. The molecule has 1 rings (SSSR count). The lowest BCUT2D eigenvalue weighted by Gasteiger charge is -2.33. The number of carbonyl (C=O) groups excluding carboxylic acids is 1. The van der Waals surface area contributed by atoms with Gasteiger partial charge in [-0.25, -0.2) is 0 Å². The van der Waals surface area contributed by atoms with Crippen molar-refractivity contribution in [3.8, 4) is 0 Å². The summed E-state index contributed by atoms with van der Waals surface area (Å²) in [6.45, 7) is 8.47. The Hall–Kier alpha value is -0.570. The highest BCUT2D eigenvalue weighted by Gasteiger charge is 2.22. The largest absolute Gasteiger partial charge is 0.339 e. The van der Waals surface area contributed by atoms with Gasteiger partial charge in [-0.2, -0.15) is 0 Å². The van der Waals surface area contributed by atoms with Gasteiger partial charge >= 0.3 is 0 Å². The Labute approximate surface area is 119 Å². The molecule has 1 heterocycles. The molecule has 0 bridgehead atoms. The summed E-state index contributed by atoms with van der Waals surface area (Å²) in [7, 11) is 0. The number of hydrogen-bond acceptors (Lipinski definition) is 2. The van der Waals surface area contributed by atoms with Crippen molar-refractivity contribution < 1.29 is 4.79 Å². The molecule has 0 saturated carbocycles. The van der Waals surface area contributed by atoms with Crippen LogP contribution in [0, 0.1) is 0 Å². The van der Waals surface area contributed by atoms with Gasteiger partial charge in [0.15, 0.2) is 0 Å². The van der Waals surface area contributed by atoms with Crippen LogP contribution in [0.2, 0.25) is 0 Å². The Morgan fingerprint density at radius 2 is 2.05 bits per heavy atom. The molecule has 3 heteroatoms. The van der Waals surface area contributed by atoms with Gasteiger partial charge < -0.3 is 10.2 Å². The van der Waals surface area contributed by atoms with E-state index < -0.39 is 0 Å². The highest BCUT2D eigenvalue weighted by molar-refractivity contribution is 5.76. The number of carbonyl (C=O) groups is 1. The van der Waals surface area contributed by atoms with Crippen LogP contribution in [0.5, 0.6) is 0 Å². The fourth-order valence-electron chi connectivity index (χ4n) is 2.76. The summed E-state index contributed by atoms with van der Waals surface area (Å²) in [5.41, 5.74) is 0. The van der Waals surface area contributed by atoms with E-state index in [0.29, 0.717) is 18.0 Å². The molecule has 1 saturated heterocycles. The van der Waals surface area contributed by atoms with E-state index in [-0.39, 0.29) is 0 Å². The van der Waals surface area contributed by atoms with Crippen molar-refractivity contribution >= 4 is 5.91 Å². The minimum absolute atomic E-state index is 0.322. The van der Waals surface area contributed by atoms with Gasteiger partial charge in [0.1, 0.15) is 0 Å². The second-order valence-corrected chi connectivity index (χ2v) is 6.10. The van der Waals surface area contributed by atoms with Crippen LogP contribution in [0.3, 0.4) is 0 Å². The van der Waals surface area contributed by atoms with Crippen LogP contribution in [0.15, 0.2) is 0 Å². The number of hydrogen-bond donors (Lipinski definition) is 1. The van der Waals surface area contributed by atoms with Gasteiger partial charge in [-0.15, -0.1) is 0 Å². The van der Waals surface area contributed by atoms with Crippen molar-refractivity contribution in [2.75, 3.05) is 13.1 Å². The molecule has 1 amide bonds. The highest BCUT2D eigenvalue weighted by atomic mass is 16.2. The predicted octanol–water partition coefficient (Wildman–Crippen LogP) is 3.34. The third-order valence-electron chi connectivity index (χ3n) is 4.02. The summed E-state index contributed by atoms with van der Waals surface area (Å²) in [5.74, 6) is 0.346. The van der Waals surface area contributed by atoms with Gasteiger partial charge in [-0.1, -0.05) is 32.6 Å². The summed E-state index contributed by atoms with van der Waals surface area (Å²) < 4.78 is 0. The Bertz CT molecular complexity index is 247. The van der Waals surface area contributed by atoms with Gasteiger partial charge in [0.05, 0.1) is 0 Å². The molecule has 0 spiro atoms. The SMILES string of the molecule is CCCCCCC(=O)N(CC1CCCCN1)C(C)C. The number of nitrogens with zero attached hydrogens (tertiary/aromatic N) is 1. The Balaban J connectivity index is 2.35. The Morgan fingerprint density at radius 3 is 2.63 bits per heavy atom. The highest BCUT2D eigenvalue weighted by Crippen LogP contribution is 2.13. The van der Waals surface area contributed by atoms with Crippen LogP contribution in [0.1, 0.15) is 72.1 Å². The van der Waals surface area contributed by atoms with Gasteiger partial charge in [-0.05, 0) is 39.7 Å². The molecule has 0 aliphatic carbocycles. The molecule has 0 aromatic rings. The first-order valence-corrected chi connectivity index (χ1v) is 8.18. The fraction of sp³-hybridized carbons (Fsp3) is 0.938. The maximum Gasteiger partial charge on any atom is 0.222 e. The first-order valence-electron chi connectivity index (χ1n) is 8.18. The van der Waals surface area contributed by atoms with Gasteiger partial charge in [0.25, 0.3) is 0 Å². The zero-order valence-corrected chi connectivity index (χ0v) is 13.1. The number of piperidine rings is 1. The van der Waals surface area contributed by atoms with Crippen LogP contribution < -0.4 is 5.32 Å². The van der Waals surface area contributed by atoms with Crippen molar-refractivity contribution in [3.63, 3.8) is 0 Å². The number of rotatable bonds is 8. The van der Waals surface area contributed by atoms with Gasteiger partial charge in [0.2, 0.25) is 5.91 Å². The maximum absolute atomic E-state index is 12.3. The Kier molecular flexibility index (Phi) is 8.11. The smallest absolute Gasteiger partial charge is 0.222 e. The third kappa shape index (κ3) is 6.42. The molecule has 1 N–H and O–H groups in total. The van der Waals surface area contributed by atoms with E-state index in [1.165, 1.54) is 38.5 Å². The molecule has 1 atom stereocenters. The molecule has 3 nitrogen and oxygen atoms in total. The average Bonchev–Trinajstić information content (AvgIpc) is 2.41. The van der Waals surface area contributed by atoms with Crippen molar-refractivity contribution in [3.05, 3.63) is 0 Å². The van der Waals surface area contributed by atoms with Gasteiger partial charge in [-0.3, -0.25) is 4.79 Å². The summed E-state index contributed by atoms with van der Waals surface area (Å²) in [6.07, 6.45) is 9.24. The topological polar surface area (TPSA) is 32.3 Å². The Morgan fingerprint density at radius 1 is 1.26 bits per heavy atom. The molecular formula is C16H32N2O. The fourth-order valence-corrected chi connectivity index (χ4v) is 2.76. The molecule has 1 aliphatic rings. The molecule has 19 heavy (non-hydrogen) atoms. The minimum Gasteiger partial charge on any atom is -0.339 e. The summed E-state index contributed by atoms with van der Waals surface area (Å²) in [6, 6.07) is 0.832. The third-order valence-corrected chi connectivity index (χ3v) is 4.02. The van der Waals surface area contributed by atoms with E-state index in [9.17, 15) is 4.79 Å². The van der Waals surface area contributed by atoms with E-state index in [4.69, 9.17) is 0 Å². The first-order chi connectivity index (χ1) is 9.15. The zero-order valence-electron chi connectivity index (χ0n) is 13.1. The van der Waals surface area contributed by atoms with E-state index >= 15 is 0 Å². The molecule has 0 aromatic carbocycles. The normalized spacial score (nSPS) is 19.7. The van der Waals surface area contributed by atoms with Crippen LogP contribution in [-0.2, 0) is 4.79 Å². The maximum atomic E-state index is 12.3. The molecule has 1 fully saturated rings. The monoisotopic (exact) mass is 268 g/mol. The molecule has 0 aromatic heterocycles. The lowest BCUT2D eigenvalue weighted by atomic mass is 10.0. The van der Waals surface area contributed by atoms with E-state index in [0.717, 1.165) is 25.9 Å². The quantitative estimate of drug-likeness (QED) is 0.685. The van der Waals surface area contributed by atoms with Crippen LogP contribution in [0.25, 0.3) is 0 Å². The first kappa shape index (κ1) is 16.5. The lowest BCUT2D eigenvalue weighted by molar-refractivity contribution is -0.133. The van der Waals surface area contributed by atoms with E-state index in [1.54, 1.807) is 0 Å². The van der Waals surface area contributed by atoms with Crippen LogP contribution in [-0.4, -0.2) is 36.0 Å². The van der Waals surface area contributed by atoms with Gasteiger partial charge in [0, 0.05) is 25.0 Å². The average molecular weight is 268 g/mol. The van der Waals surface area contributed by atoms with Crippen molar-refractivity contribution in [2.24, 2.45) is 0 Å². The molecule has 1 unspecified atom stereocenters. The van der Waals surface area contributed by atoms with E-state index in [1.807, 2.05) is 0 Å². The van der Waals surface area contributed by atoms with E-state index in [2.05, 4.69) is 31.0 Å². The van der Waals surface area contributed by atoms with Crippen molar-refractivity contribution in [2.45, 2.75) is 84.2 Å². The summed E-state index contributed by atoms with van der Waals surface area (Å²) in [5, 5.41) is 3.54. The molecular weight excluding hydrogens is 236 g/mol. The second-order valence-electron chi connectivity index (χ2n) is 6.10. The minimum atomic E-state index is 0.322. The van der Waals surface area contributed by atoms with Crippen molar-refractivity contribution in [1.82, 2.24) is 10.2 Å². The standard InChI is InChI=1S/C16H32N2O/c1-4-5-6-7-11-16(19)18(14(2)3)13-15-10-8-9-12-17-15/h14-15,17H,4-13H2,1-3H3. The number of nitrogens with one attached hydrogen (secondary N) is 1.